The third kappa shape index (κ3) is 7.08. The maximum Gasteiger partial charge on any atom is 0.0446 e. The van der Waals surface area contributed by atoms with Crippen LogP contribution < -0.4 is 0 Å². The van der Waals surface area contributed by atoms with Crippen LogP contribution in [0.1, 0.15) is 13.3 Å². The summed E-state index contributed by atoms with van der Waals surface area (Å²) in [6.07, 6.45) is 8.09. The van der Waals surface area contributed by atoms with Gasteiger partial charge in [-0.15, -0.1) is 0 Å². The van der Waals surface area contributed by atoms with Crippen molar-refractivity contribution in [2.45, 2.75) is 13.3 Å². The molecule has 0 saturated heterocycles. The minimum atomic E-state index is 1.03. The van der Waals surface area contributed by atoms with Crippen LogP contribution in [0.3, 0.4) is 0 Å². The van der Waals surface area contributed by atoms with Gasteiger partial charge >= 0.3 is 0 Å². The molecule has 0 heterocycles. The predicted octanol–water partition coefficient (Wildman–Crippen LogP) is 1.68. The molecule has 0 amide bonds. The fourth-order valence-corrected chi connectivity index (χ4v) is 0.321. The van der Waals surface area contributed by atoms with E-state index < -0.39 is 0 Å². The molecule has 0 unspecified atom stereocenters. The fourth-order valence-electron chi connectivity index (χ4n) is 0.321. The van der Waals surface area contributed by atoms with Gasteiger partial charge in [0.2, 0.25) is 0 Å². The van der Waals surface area contributed by atoms with Gasteiger partial charge in [0, 0.05) is 25.7 Å². The number of nitrogens with zero attached hydrogens (tertiary/aromatic N) is 2. The Hall–Kier alpha value is -0.920. The minimum Gasteiger partial charge on any atom is -0.295 e. The molecule has 0 bridgehead atoms. The molecule has 0 atom stereocenters. The maximum absolute atomic E-state index is 3.90. The summed E-state index contributed by atoms with van der Waals surface area (Å²) in [5.41, 5.74) is 0. The molecule has 0 aliphatic carbocycles. The maximum atomic E-state index is 3.90. The van der Waals surface area contributed by atoms with Crippen LogP contribution in [0.15, 0.2) is 22.3 Å². The Kier molecular flexibility index (Phi) is 6.36. The molecule has 50 valence electrons. The monoisotopic (exact) mass is 124 g/mol. The van der Waals surface area contributed by atoms with Gasteiger partial charge in [-0.1, -0.05) is 13.0 Å². The van der Waals surface area contributed by atoms with Gasteiger partial charge < -0.3 is 0 Å². The van der Waals surface area contributed by atoms with Crippen molar-refractivity contribution in [1.29, 1.82) is 0 Å². The summed E-state index contributed by atoms with van der Waals surface area (Å²) in [5.74, 6) is 0. The molecule has 0 saturated carbocycles. The van der Waals surface area contributed by atoms with E-state index in [2.05, 4.69) is 16.9 Å². The summed E-state index contributed by atoms with van der Waals surface area (Å²) < 4.78 is 0. The van der Waals surface area contributed by atoms with Gasteiger partial charge in [-0.3, -0.25) is 9.98 Å². The summed E-state index contributed by atoms with van der Waals surface area (Å²) >= 11 is 0. The molecule has 0 aromatic heterocycles. The third-order valence-electron chi connectivity index (χ3n) is 0.729. The lowest BCUT2D eigenvalue weighted by Gasteiger charge is -1.73. The SMILES string of the molecule is CC/C=C/N=C\C=N/C. The summed E-state index contributed by atoms with van der Waals surface area (Å²) in [6.45, 7) is 2.07. The quantitative estimate of drug-likeness (QED) is 0.511. The lowest BCUT2D eigenvalue weighted by atomic mass is 10.5. The van der Waals surface area contributed by atoms with Crippen molar-refractivity contribution >= 4 is 12.4 Å². The summed E-state index contributed by atoms with van der Waals surface area (Å²) in [5, 5.41) is 0. The van der Waals surface area contributed by atoms with E-state index in [9.17, 15) is 0 Å². The Morgan fingerprint density at radius 3 is 2.67 bits per heavy atom. The third-order valence-corrected chi connectivity index (χ3v) is 0.729. The van der Waals surface area contributed by atoms with E-state index in [0.29, 0.717) is 0 Å². The van der Waals surface area contributed by atoms with E-state index in [4.69, 9.17) is 0 Å². The number of rotatable bonds is 3. The molecule has 0 N–H and O–H groups in total. The standard InChI is InChI=1S/C7H12N2/c1-3-4-5-9-7-6-8-2/h4-7H,3H2,1-2H3/b5-4+,8-6-,9-7-. The molecule has 0 aliphatic rings. The van der Waals surface area contributed by atoms with Crippen molar-refractivity contribution < 1.29 is 0 Å². The topological polar surface area (TPSA) is 24.7 Å². The first-order valence-electron chi connectivity index (χ1n) is 3.00. The van der Waals surface area contributed by atoms with Crippen molar-refractivity contribution in [2.24, 2.45) is 9.98 Å². The molecule has 0 rings (SSSR count). The van der Waals surface area contributed by atoms with Gasteiger partial charge in [0.05, 0.1) is 0 Å². The minimum absolute atomic E-state index is 1.03. The molecular weight excluding hydrogens is 112 g/mol. The lowest BCUT2D eigenvalue weighted by Crippen LogP contribution is -1.70. The zero-order valence-electron chi connectivity index (χ0n) is 5.91. The highest BCUT2D eigenvalue weighted by Gasteiger charge is 1.61. The predicted molar refractivity (Wildman–Crippen MR) is 42.3 cm³/mol. The first-order chi connectivity index (χ1) is 4.41. The lowest BCUT2D eigenvalue weighted by molar-refractivity contribution is 1.21. The molecule has 0 spiro atoms. The van der Waals surface area contributed by atoms with Gasteiger partial charge in [0.25, 0.3) is 0 Å². The molecule has 0 aromatic rings. The average molecular weight is 124 g/mol. The Balaban J connectivity index is 3.35. The average Bonchev–Trinajstić information content (AvgIpc) is 1.89. The van der Waals surface area contributed by atoms with E-state index in [1.165, 1.54) is 0 Å². The highest BCUT2D eigenvalue weighted by Crippen LogP contribution is 1.77. The van der Waals surface area contributed by atoms with Crippen LogP contribution in [0.5, 0.6) is 0 Å². The molecule has 0 aliphatic heterocycles. The molecule has 9 heavy (non-hydrogen) atoms. The van der Waals surface area contributed by atoms with E-state index in [0.717, 1.165) is 6.42 Å². The van der Waals surface area contributed by atoms with Crippen LogP contribution in [0.4, 0.5) is 0 Å². The zero-order chi connectivity index (χ0) is 6.95. The van der Waals surface area contributed by atoms with Crippen LogP contribution in [-0.2, 0) is 0 Å². The first kappa shape index (κ1) is 8.08. The van der Waals surface area contributed by atoms with Crippen molar-refractivity contribution in [2.75, 3.05) is 7.05 Å². The van der Waals surface area contributed by atoms with Crippen molar-refractivity contribution in [3.8, 4) is 0 Å². The Morgan fingerprint density at radius 2 is 2.11 bits per heavy atom. The van der Waals surface area contributed by atoms with E-state index >= 15 is 0 Å². The molecule has 0 radical (unpaired) electrons. The zero-order valence-corrected chi connectivity index (χ0v) is 5.91. The Labute approximate surface area is 56.0 Å². The van der Waals surface area contributed by atoms with Crippen LogP contribution in [0.25, 0.3) is 0 Å². The number of hydrogen-bond acceptors (Lipinski definition) is 2. The molecule has 0 aromatic carbocycles. The van der Waals surface area contributed by atoms with E-state index in [-0.39, 0.29) is 0 Å². The van der Waals surface area contributed by atoms with Gasteiger partial charge in [-0.05, 0) is 6.42 Å². The number of hydrogen-bond donors (Lipinski definition) is 0. The summed E-state index contributed by atoms with van der Waals surface area (Å²) in [4.78, 5) is 7.62. The molecule has 2 heteroatoms. The van der Waals surface area contributed by atoms with E-state index in [1.807, 2.05) is 6.08 Å². The van der Waals surface area contributed by atoms with Crippen molar-refractivity contribution in [1.82, 2.24) is 0 Å². The van der Waals surface area contributed by atoms with Gasteiger partial charge in [-0.2, -0.15) is 0 Å². The first-order valence-corrected chi connectivity index (χ1v) is 3.00. The van der Waals surface area contributed by atoms with Crippen LogP contribution >= 0.6 is 0 Å². The highest BCUT2D eigenvalue weighted by atomic mass is 14.7. The van der Waals surface area contributed by atoms with Gasteiger partial charge in [-0.25, -0.2) is 0 Å². The Morgan fingerprint density at radius 1 is 1.33 bits per heavy atom. The Bertz CT molecular complexity index is 123. The van der Waals surface area contributed by atoms with Gasteiger partial charge in [0.1, 0.15) is 0 Å². The largest absolute Gasteiger partial charge is 0.295 e. The molecule has 2 nitrogen and oxygen atoms in total. The second-order valence-electron chi connectivity index (χ2n) is 1.50. The van der Waals surface area contributed by atoms with Crippen LogP contribution in [-0.4, -0.2) is 19.5 Å². The fraction of sp³-hybridized carbons (Fsp3) is 0.429. The normalized spacial score (nSPS) is 12.7. The van der Waals surface area contributed by atoms with Crippen LogP contribution in [0.2, 0.25) is 0 Å². The molecular formula is C7H12N2. The van der Waals surface area contributed by atoms with E-state index in [1.54, 1.807) is 25.7 Å². The highest BCUT2D eigenvalue weighted by molar-refractivity contribution is 6.16. The van der Waals surface area contributed by atoms with Crippen molar-refractivity contribution in [3.63, 3.8) is 0 Å². The summed E-state index contributed by atoms with van der Waals surface area (Å²) in [7, 11) is 1.72. The second-order valence-corrected chi connectivity index (χ2v) is 1.50. The summed E-state index contributed by atoms with van der Waals surface area (Å²) in [6, 6.07) is 0. The molecule has 0 fully saturated rings. The van der Waals surface area contributed by atoms with Gasteiger partial charge in [0.15, 0.2) is 0 Å². The number of aliphatic imine (C=N–C) groups is 2. The number of allylic oxidation sites excluding steroid dienone is 1. The smallest absolute Gasteiger partial charge is 0.0446 e. The van der Waals surface area contributed by atoms with Crippen molar-refractivity contribution in [3.05, 3.63) is 12.3 Å². The van der Waals surface area contributed by atoms with Crippen LogP contribution in [0, 0.1) is 0 Å². The second kappa shape index (κ2) is 7.08.